The summed E-state index contributed by atoms with van der Waals surface area (Å²) in [6.45, 7) is 9.00. The predicted molar refractivity (Wildman–Crippen MR) is 117 cm³/mol. The second-order valence-electron chi connectivity index (χ2n) is 9.51. The average molecular weight is 375 g/mol. The highest BCUT2D eigenvalue weighted by atomic mass is 16.1. The highest BCUT2D eigenvalue weighted by molar-refractivity contribution is 5.93. The lowest BCUT2D eigenvalue weighted by Gasteiger charge is -2.56. The molecule has 2 unspecified atom stereocenters. The topological polar surface area (TPSA) is 17.1 Å². The molecule has 0 N–H and O–H groups in total. The summed E-state index contributed by atoms with van der Waals surface area (Å²) in [5.41, 5.74) is 5.06. The van der Waals surface area contributed by atoms with Gasteiger partial charge in [0, 0.05) is 10.8 Å². The Kier molecular flexibility index (Phi) is 4.98. The molecular formula is C27H34O. The molecule has 0 heterocycles. The van der Waals surface area contributed by atoms with Gasteiger partial charge in [-0.05, 0) is 73.6 Å². The standard InChI is InChI=1S/C27H34O/c1-19-11-5-7-13-23(19)21(3)26(15-9-16-26)25(28)27(17-10-18-27)22(4)24-14-8-6-12-20(24)2/h5-8,11-14,21-22H,9-10,15-18H2,1-4H3. The van der Waals surface area contributed by atoms with Crippen LogP contribution in [0.25, 0.3) is 0 Å². The zero-order chi connectivity index (χ0) is 19.9. The fraction of sp³-hybridized carbons (Fsp3) is 0.519. The molecule has 2 fully saturated rings. The number of carbonyl (C=O) groups excluding carboxylic acids is 1. The van der Waals surface area contributed by atoms with Crippen LogP contribution >= 0.6 is 0 Å². The molecule has 0 aliphatic heterocycles. The van der Waals surface area contributed by atoms with Gasteiger partial charge in [-0.25, -0.2) is 0 Å². The minimum Gasteiger partial charge on any atom is -0.298 e. The molecular weight excluding hydrogens is 340 g/mol. The van der Waals surface area contributed by atoms with Gasteiger partial charge in [0.2, 0.25) is 0 Å². The van der Waals surface area contributed by atoms with Gasteiger partial charge in [0.05, 0.1) is 0 Å². The molecule has 2 atom stereocenters. The van der Waals surface area contributed by atoms with E-state index in [4.69, 9.17) is 0 Å². The third-order valence-electron chi connectivity index (χ3n) is 8.36. The van der Waals surface area contributed by atoms with Crippen LogP contribution in [0.15, 0.2) is 48.5 Å². The van der Waals surface area contributed by atoms with Gasteiger partial charge in [-0.15, -0.1) is 0 Å². The second-order valence-corrected chi connectivity index (χ2v) is 9.51. The van der Waals surface area contributed by atoms with E-state index in [9.17, 15) is 4.79 Å². The largest absolute Gasteiger partial charge is 0.298 e. The Labute approximate surface area is 170 Å². The highest BCUT2D eigenvalue weighted by Crippen LogP contribution is 2.62. The smallest absolute Gasteiger partial charge is 0.146 e. The summed E-state index contributed by atoms with van der Waals surface area (Å²) in [7, 11) is 0. The molecule has 0 bridgehead atoms. The SMILES string of the molecule is Cc1ccccc1C(C)C1(C(=O)C2(C(C)c3ccccc3C)CCC2)CCC1. The first-order valence-corrected chi connectivity index (χ1v) is 11.1. The number of hydrogen-bond donors (Lipinski definition) is 0. The van der Waals surface area contributed by atoms with Crippen molar-refractivity contribution in [2.45, 2.75) is 78.1 Å². The number of benzene rings is 2. The molecule has 2 aromatic rings. The van der Waals surface area contributed by atoms with Crippen molar-refractivity contribution in [2.75, 3.05) is 0 Å². The van der Waals surface area contributed by atoms with E-state index in [0.717, 1.165) is 25.7 Å². The number of aryl methyl sites for hydroxylation is 2. The molecule has 28 heavy (non-hydrogen) atoms. The lowest BCUT2D eigenvalue weighted by atomic mass is 9.46. The molecule has 0 radical (unpaired) electrons. The Morgan fingerprint density at radius 2 is 1.07 bits per heavy atom. The molecule has 2 aliphatic carbocycles. The van der Waals surface area contributed by atoms with Crippen LogP contribution < -0.4 is 0 Å². The van der Waals surface area contributed by atoms with Crippen molar-refractivity contribution in [3.05, 3.63) is 70.8 Å². The van der Waals surface area contributed by atoms with E-state index in [1.165, 1.54) is 35.1 Å². The zero-order valence-corrected chi connectivity index (χ0v) is 17.9. The van der Waals surface area contributed by atoms with Crippen molar-refractivity contribution in [1.29, 1.82) is 0 Å². The van der Waals surface area contributed by atoms with Crippen LogP contribution in [0.2, 0.25) is 0 Å². The molecule has 4 rings (SSSR count). The van der Waals surface area contributed by atoms with E-state index < -0.39 is 0 Å². The fourth-order valence-electron chi connectivity index (χ4n) is 6.07. The fourth-order valence-corrected chi connectivity index (χ4v) is 6.07. The third kappa shape index (κ3) is 2.78. The van der Waals surface area contributed by atoms with E-state index >= 15 is 0 Å². The molecule has 0 aromatic heterocycles. The highest BCUT2D eigenvalue weighted by Gasteiger charge is 2.59. The Bertz CT molecular complexity index is 798. The van der Waals surface area contributed by atoms with Crippen molar-refractivity contribution in [3.8, 4) is 0 Å². The monoisotopic (exact) mass is 374 g/mol. The zero-order valence-electron chi connectivity index (χ0n) is 17.9. The van der Waals surface area contributed by atoms with Crippen LogP contribution in [-0.2, 0) is 4.79 Å². The van der Waals surface area contributed by atoms with Gasteiger partial charge in [0.15, 0.2) is 0 Å². The maximum Gasteiger partial charge on any atom is 0.146 e. The molecule has 2 aliphatic rings. The number of hydrogen-bond acceptors (Lipinski definition) is 1. The van der Waals surface area contributed by atoms with Crippen LogP contribution in [0.3, 0.4) is 0 Å². The molecule has 1 nitrogen and oxygen atoms in total. The Morgan fingerprint density at radius 3 is 1.36 bits per heavy atom. The molecule has 2 saturated carbocycles. The molecule has 148 valence electrons. The van der Waals surface area contributed by atoms with Gasteiger partial charge in [0.1, 0.15) is 5.78 Å². The maximum absolute atomic E-state index is 14.3. The van der Waals surface area contributed by atoms with Crippen molar-refractivity contribution < 1.29 is 4.79 Å². The number of ketones is 1. The summed E-state index contributed by atoms with van der Waals surface area (Å²) in [6, 6.07) is 17.3. The second kappa shape index (κ2) is 7.17. The van der Waals surface area contributed by atoms with Gasteiger partial charge in [-0.2, -0.15) is 0 Å². The van der Waals surface area contributed by atoms with Crippen molar-refractivity contribution >= 4 is 5.78 Å². The molecule has 0 saturated heterocycles. The Hall–Kier alpha value is -1.89. The van der Waals surface area contributed by atoms with Gasteiger partial charge < -0.3 is 0 Å². The third-order valence-corrected chi connectivity index (χ3v) is 8.36. The minimum absolute atomic E-state index is 0.163. The van der Waals surface area contributed by atoms with E-state index in [0.29, 0.717) is 17.6 Å². The number of Topliss-reactive ketones (excluding diaryl/α,β-unsaturated/α-hetero) is 1. The summed E-state index contributed by atoms with van der Waals surface area (Å²) in [4.78, 5) is 14.3. The summed E-state index contributed by atoms with van der Waals surface area (Å²) in [5.74, 6) is 1.18. The van der Waals surface area contributed by atoms with Gasteiger partial charge in [0.25, 0.3) is 0 Å². The lowest BCUT2D eigenvalue weighted by molar-refractivity contribution is -0.153. The van der Waals surface area contributed by atoms with Crippen molar-refractivity contribution in [2.24, 2.45) is 10.8 Å². The van der Waals surface area contributed by atoms with E-state index in [-0.39, 0.29) is 10.8 Å². The summed E-state index contributed by atoms with van der Waals surface area (Å²) < 4.78 is 0. The minimum atomic E-state index is -0.163. The van der Waals surface area contributed by atoms with E-state index in [1.54, 1.807) is 0 Å². The summed E-state index contributed by atoms with van der Waals surface area (Å²) in [5, 5.41) is 0. The lowest BCUT2D eigenvalue weighted by Crippen LogP contribution is -2.55. The van der Waals surface area contributed by atoms with Gasteiger partial charge >= 0.3 is 0 Å². The van der Waals surface area contributed by atoms with Gasteiger partial charge in [-0.3, -0.25) is 4.79 Å². The van der Waals surface area contributed by atoms with Crippen LogP contribution in [0, 0.1) is 24.7 Å². The average Bonchev–Trinajstić information content (AvgIpc) is 2.60. The summed E-state index contributed by atoms with van der Waals surface area (Å²) >= 11 is 0. The number of carbonyl (C=O) groups is 1. The molecule has 2 aromatic carbocycles. The predicted octanol–water partition coefficient (Wildman–Crippen LogP) is 7.12. The maximum atomic E-state index is 14.3. The molecule has 1 heteroatoms. The van der Waals surface area contributed by atoms with Crippen LogP contribution in [0.4, 0.5) is 0 Å². The normalized spacial score (nSPS) is 21.9. The Balaban J connectivity index is 1.71. The van der Waals surface area contributed by atoms with Crippen LogP contribution in [0.5, 0.6) is 0 Å². The van der Waals surface area contributed by atoms with Crippen LogP contribution in [0.1, 0.15) is 86.5 Å². The quantitative estimate of drug-likeness (QED) is 0.526. The van der Waals surface area contributed by atoms with Crippen LogP contribution in [-0.4, -0.2) is 5.78 Å². The van der Waals surface area contributed by atoms with Gasteiger partial charge in [-0.1, -0.05) is 75.2 Å². The van der Waals surface area contributed by atoms with Crippen molar-refractivity contribution in [1.82, 2.24) is 0 Å². The first-order chi connectivity index (χ1) is 13.4. The molecule has 0 spiro atoms. The van der Waals surface area contributed by atoms with E-state index in [2.05, 4.69) is 76.2 Å². The first-order valence-electron chi connectivity index (χ1n) is 11.1. The first kappa shape index (κ1) is 19.4. The Morgan fingerprint density at radius 1 is 0.714 bits per heavy atom. The molecule has 0 amide bonds. The van der Waals surface area contributed by atoms with E-state index in [1.807, 2.05) is 0 Å². The number of rotatable bonds is 6. The van der Waals surface area contributed by atoms with Crippen molar-refractivity contribution in [3.63, 3.8) is 0 Å². The summed E-state index contributed by atoms with van der Waals surface area (Å²) in [6.07, 6.45) is 6.62.